The van der Waals surface area contributed by atoms with Crippen molar-refractivity contribution >= 4 is 17.7 Å². The second kappa shape index (κ2) is 8.13. The molecule has 1 aromatic heterocycles. The van der Waals surface area contributed by atoms with E-state index in [0.29, 0.717) is 11.1 Å². The minimum absolute atomic E-state index is 0.00234. The third kappa shape index (κ3) is 5.33. The summed E-state index contributed by atoms with van der Waals surface area (Å²) in [6, 6.07) is 10.2. The summed E-state index contributed by atoms with van der Waals surface area (Å²) < 4.78 is 5.65. The molecule has 0 spiro atoms. The highest BCUT2D eigenvalue weighted by Gasteiger charge is 2.30. The van der Waals surface area contributed by atoms with Crippen molar-refractivity contribution in [1.82, 2.24) is 15.5 Å². The van der Waals surface area contributed by atoms with Crippen LogP contribution < -0.4 is 5.32 Å². The molecule has 1 atom stereocenters. The Hall–Kier alpha value is -2.33. The quantitative estimate of drug-likeness (QED) is 0.749. The molecule has 1 N–H and O–H groups in total. The highest BCUT2D eigenvalue weighted by Crippen LogP contribution is 2.27. The first-order chi connectivity index (χ1) is 12.5. The molecule has 1 amide bonds. The number of hydrogen-bond acceptors (Lipinski definition) is 6. The number of rotatable bonds is 6. The fraction of sp³-hybridized carbons (Fsp3) is 0.500. The second-order valence-corrected chi connectivity index (χ2v) is 8.93. The molecular formula is C20H26N4O2S. The predicted octanol–water partition coefficient (Wildman–Crippen LogP) is 4.18. The summed E-state index contributed by atoms with van der Waals surface area (Å²) in [4.78, 5) is 12.1. The van der Waals surface area contributed by atoms with E-state index in [2.05, 4.69) is 54.5 Å². The molecule has 0 aliphatic rings. The maximum absolute atomic E-state index is 12.1. The zero-order valence-electron chi connectivity index (χ0n) is 16.7. The van der Waals surface area contributed by atoms with Crippen LogP contribution in [0.1, 0.15) is 47.1 Å². The molecule has 0 unspecified atom stereocenters. The van der Waals surface area contributed by atoms with Crippen LogP contribution in [-0.4, -0.2) is 27.4 Å². The van der Waals surface area contributed by atoms with Crippen molar-refractivity contribution in [2.45, 2.75) is 57.7 Å². The van der Waals surface area contributed by atoms with E-state index < -0.39 is 5.54 Å². The van der Waals surface area contributed by atoms with Crippen LogP contribution in [0.3, 0.4) is 0 Å². The lowest BCUT2D eigenvalue weighted by Gasteiger charge is -2.27. The molecule has 0 aliphatic carbocycles. The molecule has 1 heterocycles. The zero-order chi connectivity index (χ0) is 20.2. The van der Waals surface area contributed by atoms with Gasteiger partial charge in [0.15, 0.2) is 0 Å². The van der Waals surface area contributed by atoms with Crippen molar-refractivity contribution in [3.63, 3.8) is 0 Å². The van der Waals surface area contributed by atoms with Gasteiger partial charge in [0, 0.05) is 5.56 Å². The number of nitrogens with zero attached hydrogens (tertiary/aromatic N) is 3. The predicted molar refractivity (Wildman–Crippen MR) is 106 cm³/mol. The lowest BCUT2D eigenvalue weighted by molar-refractivity contribution is -0.120. The Morgan fingerprint density at radius 3 is 2.37 bits per heavy atom. The lowest BCUT2D eigenvalue weighted by Crippen LogP contribution is -2.49. The van der Waals surface area contributed by atoms with Crippen LogP contribution in [0.5, 0.6) is 0 Å². The summed E-state index contributed by atoms with van der Waals surface area (Å²) >= 11 is 1.15. The van der Waals surface area contributed by atoms with Crippen LogP contribution in [0.25, 0.3) is 11.5 Å². The van der Waals surface area contributed by atoms with Crippen molar-refractivity contribution < 1.29 is 9.21 Å². The number of nitriles is 1. The van der Waals surface area contributed by atoms with Crippen LogP contribution in [0.15, 0.2) is 33.9 Å². The van der Waals surface area contributed by atoms with Gasteiger partial charge in [0.25, 0.3) is 5.22 Å². The SMILES string of the molecule is CC(C)[C@](C)(C#N)NC(=O)CSc1nnc(-c2ccc(C(C)(C)C)cc2)o1. The average molecular weight is 387 g/mol. The van der Waals surface area contributed by atoms with Gasteiger partial charge in [-0.1, -0.05) is 58.5 Å². The first kappa shape index (κ1) is 21.0. The Morgan fingerprint density at radius 2 is 1.85 bits per heavy atom. The molecule has 0 radical (unpaired) electrons. The fourth-order valence-electron chi connectivity index (χ4n) is 2.25. The highest BCUT2D eigenvalue weighted by atomic mass is 32.2. The number of aromatic nitrogens is 2. The summed E-state index contributed by atoms with van der Waals surface area (Å²) in [7, 11) is 0. The molecule has 1 aromatic carbocycles. The van der Waals surface area contributed by atoms with Crippen molar-refractivity contribution in [2.24, 2.45) is 5.92 Å². The minimum Gasteiger partial charge on any atom is -0.411 e. The van der Waals surface area contributed by atoms with E-state index in [1.54, 1.807) is 6.92 Å². The molecule has 7 heteroatoms. The summed E-state index contributed by atoms with van der Waals surface area (Å²) in [5.41, 5.74) is 1.24. The van der Waals surface area contributed by atoms with Crippen molar-refractivity contribution in [3.8, 4) is 17.5 Å². The van der Waals surface area contributed by atoms with Crippen LogP contribution >= 0.6 is 11.8 Å². The lowest BCUT2D eigenvalue weighted by atomic mass is 9.87. The molecule has 144 valence electrons. The van der Waals surface area contributed by atoms with Gasteiger partial charge in [0.2, 0.25) is 11.8 Å². The van der Waals surface area contributed by atoms with Gasteiger partial charge in [-0.2, -0.15) is 5.26 Å². The van der Waals surface area contributed by atoms with Crippen LogP contribution in [-0.2, 0) is 10.2 Å². The molecule has 0 aliphatic heterocycles. The number of hydrogen-bond donors (Lipinski definition) is 1. The third-order valence-electron chi connectivity index (χ3n) is 4.52. The van der Waals surface area contributed by atoms with E-state index in [9.17, 15) is 10.1 Å². The highest BCUT2D eigenvalue weighted by molar-refractivity contribution is 7.99. The van der Waals surface area contributed by atoms with E-state index in [4.69, 9.17) is 4.42 Å². The average Bonchev–Trinajstić information content (AvgIpc) is 3.08. The van der Waals surface area contributed by atoms with Gasteiger partial charge in [-0.05, 0) is 36.0 Å². The first-order valence-electron chi connectivity index (χ1n) is 8.84. The third-order valence-corrected chi connectivity index (χ3v) is 5.34. The van der Waals surface area contributed by atoms with Crippen LogP contribution in [0, 0.1) is 17.2 Å². The Labute approximate surface area is 164 Å². The fourth-order valence-corrected chi connectivity index (χ4v) is 2.82. The topological polar surface area (TPSA) is 91.8 Å². The van der Waals surface area contributed by atoms with Gasteiger partial charge in [-0.25, -0.2) is 0 Å². The molecular weight excluding hydrogens is 360 g/mol. The monoisotopic (exact) mass is 386 g/mol. The molecule has 2 rings (SSSR count). The van der Waals surface area contributed by atoms with E-state index in [0.717, 1.165) is 17.3 Å². The van der Waals surface area contributed by atoms with Gasteiger partial charge in [0.05, 0.1) is 11.8 Å². The molecule has 0 saturated heterocycles. The van der Waals surface area contributed by atoms with Gasteiger partial charge in [-0.3, -0.25) is 4.79 Å². The van der Waals surface area contributed by atoms with Gasteiger partial charge in [0.1, 0.15) is 5.54 Å². The van der Waals surface area contributed by atoms with E-state index in [1.165, 1.54) is 5.56 Å². The Kier molecular flexibility index (Phi) is 6.32. The van der Waals surface area contributed by atoms with Gasteiger partial charge < -0.3 is 9.73 Å². The smallest absolute Gasteiger partial charge is 0.277 e. The van der Waals surface area contributed by atoms with E-state index >= 15 is 0 Å². The van der Waals surface area contributed by atoms with Crippen molar-refractivity contribution in [2.75, 3.05) is 5.75 Å². The molecule has 0 bridgehead atoms. The molecule has 2 aromatic rings. The Balaban J connectivity index is 1.98. The van der Waals surface area contributed by atoms with Crippen molar-refractivity contribution in [1.29, 1.82) is 5.26 Å². The number of amides is 1. The Bertz CT molecular complexity index is 831. The Morgan fingerprint density at radius 1 is 1.22 bits per heavy atom. The summed E-state index contributed by atoms with van der Waals surface area (Å²) in [6.45, 7) is 12.0. The molecule has 6 nitrogen and oxygen atoms in total. The number of carbonyl (C=O) groups is 1. The van der Waals surface area contributed by atoms with Gasteiger partial charge in [-0.15, -0.1) is 10.2 Å². The summed E-state index contributed by atoms with van der Waals surface area (Å²) in [5, 5.41) is 20.4. The summed E-state index contributed by atoms with van der Waals surface area (Å²) in [5.74, 6) is 0.283. The zero-order valence-corrected chi connectivity index (χ0v) is 17.5. The minimum atomic E-state index is -0.896. The van der Waals surface area contributed by atoms with Crippen LogP contribution in [0.2, 0.25) is 0 Å². The normalized spacial score (nSPS) is 13.9. The molecule has 0 saturated carbocycles. The first-order valence-corrected chi connectivity index (χ1v) is 9.83. The second-order valence-electron chi connectivity index (χ2n) is 8.01. The van der Waals surface area contributed by atoms with Crippen LogP contribution in [0.4, 0.5) is 0 Å². The number of carbonyl (C=O) groups excluding carboxylic acids is 1. The number of nitrogens with one attached hydrogen (secondary N) is 1. The maximum Gasteiger partial charge on any atom is 0.277 e. The summed E-state index contributed by atoms with van der Waals surface area (Å²) in [6.07, 6.45) is 0. The number of thioether (sulfide) groups is 1. The largest absolute Gasteiger partial charge is 0.411 e. The van der Waals surface area contributed by atoms with E-state index in [-0.39, 0.29) is 23.0 Å². The van der Waals surface area contributed by atoms with Gasteiger partial charge >= 0.3 is 0 Å². The van der Waals surface area contributed by atoms with E-state index in [1.807, 2.05) is 26.0 Å². The molecule has 27 heavy (non-hydrogen) atoms. The maximum atomic E-state index is 12.1. The standard InChI is InChI=1S/C20H26N4O2S/c1-13(2)20(6,12-21)22-16(25)11-27-18-24-23-17(26-18)14-7-9-15(10-8-14)19(3,4)5/h7-10,13H,11H2,1-6H3,(H,22,25)/t20-/m0/s1. The molecule has 0 fully saturated rings. The number of benzene rings is 1. The van der Waals surface area contributed by atoms with Crippen molar-refractivity contribution in [3.05, 3.63) is 29.8 Å².